The lowest BCUT2D eigenvalue weighted by molar-refractivity contribution is -0.280. The van der Waals surface area contributed by atoms with E-state index in [9.17, 15) is 10.2 Å². The monoisotopic (exact) mass is 500 g/mol. The molecule has 12 atom stereocenters. The Bertz CT molecular complexity index is 1030. The third-order valence-electron chi connectivity index (χ3n) is 14.0. The summed E-state index contributed by atoms with van der Waals surface area (Å²) in [7, 11) is 1.75. The minimum Gasteiger partial charge on any atom is -0.393 e. The molecule has 6 fully saturated rings. The summed E-state index contributed by atoms with van der Waals surface area (Å²) in [6.07, 6.45) is 8.85. The van der Waals surface area contributed by atoms with Crippen LogP contribution in [0.4, 0.5) is 0 Å². The smallest absolute Gasteiger partial charge is 0.199 e. The van der Waals surface area contributed by atoms with Gasteiger partial charge in [-0.05, 0) is 92.3 Å². The van der Waals surface area contributed by atoms with Crippen LogP contribution in [0.5, 0.6) is 0 Å². The van der Waals surface area contributed by atoms with E-state index >= 15 is 0 Å². The molecule has 7 rings (SSSR count). The van der Waals surface area contributed by atoms with Crippen LogP contribution in [0.1, 0.15) is 93.4 Å². The maximum atomic E-state index is 12.5. The Balaban J connectivity index is 1.35. The standard InChI is InChI=1S/C31H48O5/c1-17-15-18-23(26(4,5)34-8)36-31(35-18)22(17)27(6)13-14-30-16-29(30)12-11-21(32)25(2,3)19(29)9-10-20(30)28(27,7)24(31)33/h10,17-19,21-24,32-33H,9,11-16H2,1-8H3/t17-,18-,19?,21+,22-,23+,24-,27-,28-,29-,30+,31+/m1/s1. The normalized spacial score (nSPS) is 60.3. The minimum atomic E-state index is -0.973. The van der Waals surface area contributed by atoms with Crippen LogP contribution < -0.4 is 0 Å². The van der Waals surface area contributed by atoms with E-state index in [1.807, 2.05) is 0 Å². The highest BCUT2D eigenvalue weighted by molar-refractivity contribution is 5.48. The number of hydrogen-bond donors (Lipinski definition) is 2. The molecule has 2 N–H and O–H groups in total. The largest absolute Gasteiger partial charge is 0.393 e. The summed E-state index contributed by atoms with van der Waals surface area (Å²) in [5.41, 5.74) is 0.922. The molecular weight excluding hydrogens is 452 g/mol. The van der Waals surface area contributed by atoms with Crippen molar-refractivity contribution < 1.29 is 24.4 Å². The molecule has 4 saturated carbocycles. The van der Waals surface area contributed by atoms with Gasteiger partial charge in [0, 0.05) is 18.4 Å². The minimum absolute atomic E-state index is 0.0558. The first-order chi connectivity index (χ1) is 16.7. The number of ether oxygens (including phenoxy) is 3. The van der Waals surface area contributed by atoms with Crippen LogP contribution >= 0.6 is 0 Å². The van der Waals surface area contributed by atoms with Gasteiger partial charge in [0.1, 0.15) is 12.2 Å². The molecule has 0 radical (unpaired) electrons. The number of methoxy groups -OCH3 is 1. The maximum Gasteiger partial charge on any atom is 0.199 e. The van der Waals surface area contributed by atoms with Gasteiger partial charge in [0.05, 0.1) is 17.8 Å². The van der Waals surface area contributed by atoms with E-state index in [0.29, 0.717) is 11.8 Å². The van der Waals surface area contributed by atoms with E-state index < -0.39 is 17.5 Å². The molecule has 0 aromatic heterocycles. The predicted molar refractivity (Wildman–Crippen MR) is 137 cm³/mol. The molecule has 5 heteroatoms. The highest BCUT2D eigenvalue weighted by Gasteiger charge is 2.86. The number of allylic oxidation sites excluding steroid dienone is 1. The Morgan fingerprint density at radius 1 is 1.06 bits per heavy atom. The zero-order valence-corrected chi connectivity index (χ0v) is 23.7. The lowest BCUT2D eigenvalue weighted by Crippen LogP contribution is -2.55. The van der Waals surface area contributed by atoms with Crippen molar-refractivity contribution in [3.8, 4) is 0 Å². The van der Waals surface area contributed by atoms with Crippen molar-refractivity contribution >= 4 is 0 Å². The van der Waals surface area contributed by atoms with E-state index in [-0.39, 0.29) is 51.3 Å². The molecule has 7 aliphatic rings. The predicted octanol–water partition coefficient (Wildman–Crippen LogP) is 5.23. The number of fused-ring (bicyclic) bond motifs is 4. The molecule has 2 aliphatic heterocycles. The van der Waals surface area contributed by atoms with E-state index in [2.05, 4.69) is 54.5 Å². The third kappa shape index (κ3) is 2.29. The van der Waals surface area contributed by atoms with Gasteiger partial charge in [-0.15, -0.1) is 0 Å². The highest BCUT2D eigenvalue weighted by Crippen LogP contribution is 2.89. The van der Waals surface area contributed by atoms with Crippen molar-refractivity contribution in [1.82, 2.24) is 0 Å². The maximum absolute atomic E-state index is 12.5. The molecule has 2 bridgehead atoms. The van der Waals surface area contributed by atoms with Gasteiger partial charge in [0.2, 0.25) is 0 Å². The van der Waals surface area contributed by atoms with Gasteiger partial charge in [-0.1, -0.05) is 46.3 Å². The van der Waals surface area contributed by atoms with Crippen molar-refractivity contribution in [3.05, 3.63) is 11.6 Å². The Labute approximate surface area is 217 Å². The third-order valence-corrected chi connectivity index (χ3v) is 14.0. The topological polar surface area (TPSA) is 68.2 Å². The zero-order valence-electron chi connectivity index (χ0n) is 23.7. The molecule has 1 unspecified atom stereocenters. The van der Waals surface area contributed by atoms with Gasteiger partial charge in [-0.25, -0.2) is 0 Å². The Morgan fingerprint density at radius 2 is 1.78 bits per heavy atom. The van der Waals surface area contributed by atoms with Crippen LogP contribution in [-0.2, 0) is 14.2 Å². The zero-order chi connectivity index (χ0) is 25.9. The molecule has 0 amide bonds. The Morgan fingerprint density at radius 3 is 2.47 bits per heavy atom. The van der Waals surface area contributed by atoms with Crippen molar-refractivity contribution in [2.45, 2.75) is 129 Å². The number of rotatable bonds is 2. The van der Waals surface area contributed by atoms with Crippen LogP contribution in [0.15, 0.2) is 11.6 Å². The average Bonchev–Trinajstić information content (AvgIpc) is 3.34. The SMILES string of the molecule is COC(C)(C)[C@H]1O[C@@]23O[C@@H]1C[C@@H](C)[C@@H]2[C@@]1(C)CC[C@@]24C[C@@]25CC[C@H](O)C(C)(C)C5CC=C4[C@]1(C)[C@H]3O. The molecular formula is C31H48O5. The van der Waals surface area contributed by atoms with Gasteiger partial charge < -0.3 is 24.4 Å². The molecule has 0 aromatic rings. The quantitative estimate of drug-likeness (QED) is 0.508. The second-order valence-corrected chi connectivity index (χ2v) is 15.6. The van der Waals surface area contributed by atoms with E-state index in [4.69, 9.17) is 14.2 Å². The summed E-state index contributed by atoms with van der Waals surface area (Å²) in [6, 6.07) is 0. The van der Waals surface area contributed by atoms with Crippen LogP contribution in [0, 0.1) is 44.8 Å². The fourth-order valence-corrected chi connectivity index (χ4v) is 11.9. The highest BCUT2D eigenvalue weighted by atomic mass is 16.8. The summed E-state index contributed by atoms with van der Waals surface area (Å²) in [4.78, 5) is 0. The summed E-state index contributed by atoms with van der Waals surface area (Å²) < 4.78 is 19.7. The first kappa shape index (κ1) is 24.6. The fraction of sp³-hybridized carbons (Fsp3) is 0.935. The second-order valence-electron chi connectivity index (χ2n) is 15.6. The number of aliphatic hydroxyl groups is 2. The van der Waals surface area contributed by atoms with Gasteiger partial charge in [-0.3, -0.25) is 0 Å². The molecule has 36 heavy (non-hydrogen) atoms. The van der Waals surface area contributed by atoms with Crippen LogP contribution in [0.3, 0.4) is 0 Å². The summed E-state index contributed by atoms with van der Waals surface area (Å²) in [5, 5.41) is 23.5. The van der Waals surface area contributed by atoms with Crippen molar-refractivity contribution in [3.63, 3.8) is 0 Å². The molecule has 5 nitrogen and oxygen atoms in total. The van der Waals surface area contributed by atoms with Crippen LogP contribution in [-0.4, -0.2) is 53.1 Å². The van der Waals surface area contributed by atoms with Crippen LogP contribution in [0.25, 0.3) is 0 Å². The van der Waals surface area contributed by atoms with E-state index in [1.165, 1.54) is 18.4 Å². The summed E-state index contributed by atoms with van der Waals surface area (Å²) in [6.45, 7) is 15.9. The average molecular weight is 501 g/mol. The molecule has 2 saturated heterocycles. The van der Waals surface area contributed by atoms with E-state index in [0.717, 1.165) is 32.1 Å². The van der Waals surface area contributed by atoms with Gasteiger partial charge in [0.25, 0.3) is 0 Å². The van der Waals surface area contributed by atoms with Crippen molar-refractivity contribution in [2.24, 2.45) is 44.8 Å². The van der Waals surface area contributed by atoms with Crippen molar-refractivity contribution in [2.75, 3.05) is 7.11 Å². The fourth-order valence-electron chi connectivity index (χ4n) is 11.9. The molecule has 0 aromatic carbocycles. The Hall–Kier alpha value is -0.460. The first-order valence-corrected chi connectivity index (χ1v) is 14.7. The van der Waals surface area contributed by atoms with Gasteiger partial charge in [-0.2, -0.15) is 0 Å². The van der Waals surface area contributed by atoms with E-state index in [1.54, 1.807) is 7.11 Å². The summed E-state index contributed by atoms with van der Waals surface area (Å²) in [5.74, 6) is 0.0955. The lowest BCUT2D eigenvalue weighted by Gasteiger charge is -2.59. The Kier molecular flexibility index (Phi) is 4.53. The van der Waals surface area contributed by atoms with Crippen LogP contribution in [0.2, 0.25) is 0 Å². The molecule has 202 valence electrons. The lowest BCUT2D eigenvalue weighted by atomic mass is 9.44. The first-order valence-electron chi connectivity index (χ1n) is 14.7. The second kappa shape index (κ2) is 6.63. The number of hydrogen-bond acceptors (Lipinski definition) is 5. The van der Waals surface area contributed by atoms with Crippen molar-refractivity contribution in [1.29, 1.82) is 0 Å². The summed E-state index contributed by atoms with van der Waals surface area (Å²) >= 11 is 0. The van der Waals surface area contributed by atoms with Gasteiger partial charge in [0.15, 0.2) is 5.79 Å². The molecule has 2 heterocycles. The van der Waals surface area contributed by atoms with Gasteiger partial charge >= 0.3 is 0 Å². The number of aliphatic hydroxyl groups excluding tert-OH is 2. The molecule has 3 spiro atoms. The molecule has 5 aliphatic carbocycles.